The van der Waals surface area contributed by atoms with E-state index in [1.165, 1.54) is 25.0 Å². The Morgan fingerprint density at radius 3 is 3.08 bits per heavy atom. The van der Waals surface area contributed by atoms with Gasteiger partial charge in [0.2, 0.25) is 5.91 Å². The number of likely N-dealkylation sites (N-methyl/N-ethyl adjacent to an activating group) is 1. The summed E-state index contributed by atoms with van der Waals surface area (Å²) in [5.74, 6) is 0.899. The highest BCUT2D eigenvalue weighted by Gasteiger charge is 2.34. The van der Waals surface area contributed by atoms with Crippen molar-refractivity contribution in [2.45, 2.75) is 25.5 Å². The number of imidazole rings is 1. The standard InChI is InChI=1S/C18H23FN4O2/c1-22-7-12-2-4-14(22)9-23(8-12)18(24)11-25-10-17-20-15-5-3-13(19)6-16(15)21-17/h3,5-6,12,14H,2,4,7-11H2,1H3,(H,20,21)/t12-,14-/m0/s1. The third kappa shape index (κ3) is 3.52. The zero-order chi connectivity index (χ0) is 17.4. The quantitative estimate of drug-likeness (QED) is 0.917. The number of aromatic nitrogens is 2. The first-order valence-corrected chi connectivity index (χ1v) is 8.78. The van der Waals surface area contributed by atoms with Gasteiger partial charge in [-0.15, -0.1) is 0 Å². The minimum atomic E-state index is -0.306. The van der Waals surface area contributed by atoms with Crippen molar-refractivity contribution in [2.24, 2.45) is 5.92 Å². The number of nitrogens with zero attached hydrogens (tertiary/aromatic N) is 3. The van der Waals surface area contributed by atoms with E-state index < -0.39 is 0 Å². The molecule has 2 atom stereocenters. The second-order valence-corrected chi connectivity index (χ2v) is 7.17. The molecule has 0 spiro atoms. The van der Waals surface area contributed by atoms with E-state index in [-0.39, 0.29) is 24.9 Å². The van der Waals surface area contributed by atoms with Crippen molar-refractivity contribution in [3.05, 3.63) is 29.8 Å². The van der Waals surface area contributed by atoms with Crippen molar-refractivity contribution < 1.29 is 13.9 Å². The molecule has 3 aliphatic heterocycles. The maximum atomic E-state index is 13.2. The smallest absolute Gasteiger partial charge is 0.248 e. The van der Waals surface area contributed by atoms with Crippen LogP contribution >= 0.6 is 0 Å². The third-order valence-electron chi connectivity index (χ3n) is 5.30. The van der Waals surface area contributed by atoms with Crippen LogP contribution in [0.1, 0.15) is 18.7 Å². The minimum Gasteiger partial charge on any atom is -0.364 e. The van der Waals surface area contributed by atoms with Crippen LogP contribution < -0.4 is 0 Å². The molecule has 0 aliphatic carbocycles. The number of aromatic amines is 1. The van der Waals surface area contributed by atoms with Gasteiger partial charge in [-0.1, -0.05) is 0 Å². The number of hydrogen-bond acceptors (Lipinski definition) is 4. The van der Waals surface area contributed by atoms with Crippen LogP contribution in [0.5, 0.6) is 0 Å². The SMILES string of the molecule is CN1C[C@@H]2CC[C@H]1CN(C(=O)COCc1nc3ccc(F)cc3[nH]1)C2. The van der Waals surface area contributed by atoms with E-state index in [0.29, 0.717) is 28.8 Å². The first-order chi connectivity index (χ1) is 12.1. The molecule has 6 nitrogen and oxygen atoms in total. The molecule has 0 saturated carbocycles. The van der Waals surface area contributed by atoms with Crippen LogP contribution in [0.25, 0.3) is 11.0 Å². The Hall–Kier alpha value is -1.99. The van der Waals surface area contributed by atoms with E-state index in [1.807, 2.05) is 4.90 Å². The van der Waals surface area contributed by atoms with Gasteiger partial charge in [0, 0.05) is 25.7 Å². The van der Waals surface area contributed by atoms with Crippen molar-refractivity contribution in [3.8, 4) is 0 Å². The molecule has 1 aromatic carbocycles. The summed E-state index contributed by atoms with van der Waals surface area (Å²) in [6, 6.07) is 4.87. The Kier molecular flexibility index (Phi) is 4.43. The van der Waals surface area contributed by atoms with Crippen molar-refractivity contribution in [1.82, 2.24) is 19.8 Å². The van der Waals surface area contributed by atoms with Gasteiger partial charge in [-0.3, -0.25) is 4.79 Å². The van der Waals surface area contributed by atoms with Gasteiger partial charge in [0.15, 0.2) is 0 Å². The number of nitrogens with one attached hydrogen (secondary N) is 1. The molecule has 5 rings (SSSR count). The summed E-state index contributed by atoms with van der Waals surface area (Å²) in [5, 5.41) is 0. The van der Waals surface area contributed by atoms with E-state index in [1.54, 1.807) is 6.07 Å². The van der Waals surface area contributed by atoms with Crippen LogP contribution in [0.2, 0.25) is 0 Å². The van der Waals surface area contributed by atoms with Gasteiger partial charge < -0.3 is 19.5 Å². The van der Waals surface area contributed by atoms with Crippen molar-refractivity contribution in [1.29, 1.82) is 0 Å². The van der Waals surface area contributed by atoms with Crippen LogP contribution in [0.15, 0.2) is 18.2 Å². The number of carbonyl (C=O) groups is 1. The highest BCUT2D eigenvalue weighted by molar-refractivity contribution is 5.77. The van der Waals surface area contributed by atoms with Crippen molar-refractivity contribution in [2.75, 3.05) is 33.3 Å². The lowest BCUT2D eigenvalue weighted by Crippen LogP contribution is -2.42. The molecule has 3 fully saturated rings. The second-order valence-electron chi connectivity index (χ2n) is 7.17. The first kappa shape index (κ1) is 16.5. The maximum absolute atomic E-state index is 13.2. The summed E-state index contributed by atoms with van der Waals surface area (Å²) in [5.41, 5.74) is 1.33. The summed E-state index contributed by atoms with van der Waals surface area (Å²) < 4.78 is 18.8. The molecule has 0 radical (unpaired) electrons. The average molecular weight is 346 g/mol. The molecule has 1 N–H and O–H groups in total. The molecule has 1 amide bonds. The Labute approximate surface area is 146 Å². The number of rotatable bonds is 4. The van der Waals surface area contributed by atoms with E-state index in [0.717, 1.165) is 19.6 Å². The van der Waals surface area contributed by atoms with Crippen LogP contribution in [-0.4, -0.2) is 65.0 Å². The molecule has 1 aromatic heterocycles. The molecular formula is C18H23FN4O2. The minimum absolute atomic E-state index is 0.0364. The van der Waals surface area contributed by atoms with Crippen LogP contribution in [-0.2, 0) is 16.1 Å². The molecule has 7 heteroatoms. The first-order valence-electron chi connectivity index (χ1n) is 8.78. The van der Waals surface area contributed by atoms with E-state index in [9.17, 15) is 9.18 Å². The van der Waals surface area contributed by atoms with E-state index in [4.69, 9.17) is 4.74 Å². The molecule has 3 saturated heterocycles. The Morgan fingerprint density at radius 1 is 1.36 bits per heavy atom. The van der Waals surface area contributed by atoms with Crippen LogP contribution in [0.3, 0.4) is 0 Å². The lowest BCUT2D eigenvalue weighted by molar-refractivity contribution is -0.137. The fourth-order valence-corrected chi connectivity index (χ4v) is 3.95. The van der Waals surface area contributed by atoms with Crippen molar-refractivity contribution in [3.63, 3.8) is 0 Å². The topological polar surface area (TPSA) is 61.5 Å². The third-order valence-corrected chi connectivity index (χ3v) is 5.30. The van der Waals surface area contributed by atoms with Gasteiger partial charge >= 0.3 is 0 Å². The van der Waals surface area contributed by atoms with Gasteiger partial charge in [0.05, 0.1) is 11.0 Å². The number of amides is 1. The normalized spacial score (nSPS) is 24.0. The summed E-state index contributed by atoms with van der Waals surface area (Å²) >= 11 is 0. The van der Waals surface area contributed by atoms with Gasteiger partial charge in [0.1, 0.15) is 24.9 Å². The van der Waals surface area contributed by atoms with Crippen LogP contribution in [0, 0.1) is 11.7 Å². The Bertz CT molecular complexity index is 778. The summed E-state index contributed by atoms with van der Waals surface area (Å²) in [4.78, 5) is 24.2. The maximum Gasteiger partial charge on any atom is 0.248 e. The predicted molar refractivity (Wildman–Crippen MR) is 91.4 cm³/mol. The molecular weight excluding hydrogens is 323 g/mol. The largest absolute Gasteiger partial charge is 0.364 e. The number of halogens is 1. The highest BCUT2D eigenvalue weighted by atomic mass is 19.1. The van der Waals surface area contributed by atoms with Crippen LogP contribution in [0.4, 0.5) is 4.39 Å². The summed E-state index contributed by atoms with van der Waals surface area (Å²) in [6.07, 6.45) is 2.37. The lowest BCUT2D eigenvalue weighted by Gasteiger charge is -2.32. The number of H-pyrrole nitrogens is 1. The van der Waals surface area contributed by atoms with Gasteiger partial charge in [-0.2, -0.15) is 0 Å². The van der Waals surface area contributed by atoms with Gasteiger partial charge in [0.25, 0.3) is 0 Å². The van der Waals surface area contributed by atoms with Gasteiger partial charge in [-0.25, -0.2) is 9.37 Å². The Balaban J connectivity index is 1.32. The predicted octanol–water partition coefficient (Wildman–Crippen LogP) is 1.77. The van der Waals surface area contributed by atoms with Crippen molar-refractivity contribution >= 4 is 16.9 Å². The molecule has 3 aliphatic rings. The number of benzene rings is 1. The molecule has 2 aromatic rings. The average Bonchev–Trinajstić information content (AvgIpc) is 2.76. The molecule has 2 bridgehead atoms. The van der Waals surface area contributed by atoms with Gasteiger partial charge in [-0.05, 0) is 44.0 Å². The molecule has 134 valence electrons. The van der Waals surface area contributed by atoms with E-state index in [2.05, 4.69) is 21.9 Å². The number of hydrogen-bond donors (Lipinski definition) is 1. The number of fused-ring (bicyclic) bond motifs is 5. The molecule has 0 unspecified atom stereocenters. The highest BCUT2D eigenvalue weighted by Crippen LogP contribution is 2.26. The fraction of sp³-hybridized carbons (Fsp3) is 0.556. The second kappa shape index (κ2) is 6.72. The number of ether oxygens (including phenoxy) is 1. The number of piperidine rings is 1. The summed E-state index contributed by atoms with van der Waals surface area (Å²) in [6.45, 7) is 2.95. The Morgan fingerprint density at radius 2 is 2.24 bits per heavy atom. The zero-order valence-electron chi connectivity index (χ0n) is 14.4. The molecule has 25 heavy (non-hydrogen) atoms. The van der Waals surface area contributed by atoms with E-state index >= 15 is 0 Å². The molecule has 4 heterocycles. The number of carbonyl (C=O) groups excluding carboxylic acids is 1. The fourth-order valence-electron chi connectivity index (χ4n) is 3.95. The summed E-state index contributed by atoms with van der Waals surface area (Å²) in [7, 11) is 2.14. The zero-order valence-corrected chi connectivity index (χ0v) is 14.4. The monoisotopic (exact) mass is 346 g/mol. The lowest BCUT2D eigenvalue weighted by atomic mass is 9.96.